The first-order valence-electron chi connectivity index (χ1n) is 15.0. The van der Waals surface area contributed by atoms with Crippen molar-refractivity contribution in [2.24, 2.45) is 0 Å². The quantitative estimate of drug-likeness (QED) is 0.204. The lowest BCUT2D eigenvalue weighted by Crippen LogP contribution is -2.00. The van der Waals surface area contributed by atoms with E-state index in [1.807, 2.05) is 72.0 Å². The minimum atomic E-state index is 0.661. The van der Waals surface area contributed by atoms with Crippen molar-refractivity contribution >= 4 is 53.1 Å². The molecular weight excluding hydrogens is 567 g/mol. The van der Waals surface area contributed by atoms with E-state index in [-0.39, 0.29) is 0 Å². The molecule has 9 rings (SSSR count). The van der Waals surface area contributed by atoms with Crippen LogP contribution >= 0.6 is 11.3 Å². The molecule has 4 heteroatoms. The van der Waals surface area contributed by atoms with Gasteiger partial charge in [0.2, 0.25) is 0 Å². The van der Waals surface area contributed by atoms with E-state index in [2.05, 4.69) is 91.0 Å². The van der Waals surface area contributed by atoms with E-state index in [1.54, 1.807) is 0 Å². The number of aromatic nitrogens is 3. The van der Waals surface area contributed by atoms with Crippen molar-refractivity contribution in [3.8, 4) is 45.3 Å². The van der Waals surface area contributed by atoms with Crippen molar-refractivity contribution in [1.82, 2.24) is 15.0 Å². The lowest BCUT2D eigenvalue weighted by molar-refractivity contribution is 1.08. The van der Waals surface area contributed by atoms with Gasteiger partial charge in [-0.3, -0.25) is 0 Å². The topological polar surface area (TPSA) is 38.7 Å². The molecule has 0 amide bonds. The summed E-state index contributed by atoms with van der Waals surface area (Å²) in [4.78, 5) is 15.0. The molecule has 210 valence electrons. The lowest BCUT2D eigenvalue weighted by Gasteiger charge is -2.14. The third-order valence-electron chi connectivity index (χ3n) is 8.54. The summed E-state index contributed by atoms with van der Waals surface area (Å²) < 4.78 is 2.63. The summed E-state index contributed by atoms with van der Waals surface area (Å²) in [6.07, 6.45) is 0. The summed E-state index contributed by atoms with van der Waals surface area (Å²) in [6, 6.07) is 53.2. The normalized spacial score (nSPS) is 11.6. The molecule has 2 heterocycles. The molecule has 9 aromatic rings. The Kier molecular flexibility index (Phi) is 6.00. The number of thiophene rings is 1. The molecule has 0 saturated carbocycles. The second-order valence-corrected chi connectivity index (χ2v) is 12.2. The molecule has 2 aromatic heterocycles. The van der Waals surface area contributed by atoms with E-state index in [4.69, 9.17) is 15.0 Å². The molecule has 3 nitrogen and oxygen atoms in total. The third-order valence-corrected chi connectivity index (χ3v) is 9.75. The van der Waals surface area contributed by atoms with Gasteiger partial charge in [0, 0.05) is 36.9 Å². The van der Waals surface area contributed by atoms with E-state index in [0.29, 0.717) is 17.5 Å². The van der Waals surface area contributed by atoms with Crippen LogP contribution in [0.1, 0.15) is 0 Å². The Morgan fingerprint density at radius 2 is 0.933 bits per heavy atom. The Morgan fingerprint density at radius 3 is 1.64 bits per heavy atom. The molecule has 0 aliphatic carbocycles. The van der Waals surface area contributed by atoms with Gasteiger partial charge in [0.25, 0.3) is 0 Å². The highest BCUT2D eigenvalue weighted by atomic mass is 32.1. The zero-order valence-corrected chi connectivity index (χ0v) is 25.0. The van der Waals surface area contributed by atoms with Gasteiger partial charge in [-0.05, 0) is 44.8 Å². The SMILES string of the molecule is c1ccc(-c2nc(-c3ccccc3)nc(-c3ccc(-c4cccc5sc6c7ccccc7ccc6c45)c4ccccc34)n2)cc1. The molecule has 0 aliphatic rings. The minimum Gasteiger partial charge on any atom is -0.208 e. The van der Waals surface area contributed by atoms with E-state index >= 15 is 0 Å². The fraction of sp³-hybridized carbons (Fsp3) is 0. The highest BCUT2D eigenvalue weighted by molar-refractivity contribution is 7.26. The van der Waals surface area contributed by atoms with Crippen LogP contribution in [-0.4, -0.2) is 15.0 Å². The van der Waals surface area contributed by atoms with Crippen molar-refractivity contribution in [3.05, 3.63) is 152 Å². The number of hydrogen-bond acceptors (Lipinski definition) is 4. The maximum absolute atomic E-state index is 5.04. The van der Waals surface area contributed by atoms with Gasteiger partial charge in [-0.25, -0.2) is 15.0 Å². The Bertz CT molecular complexity index is 2480. The van der Waals surface area contributed by atoms with Crippen LogP contribution in [0.3, 0.4) is 0 Å². The summed E-state index contributed by atoms with van der Waals surface area (Å²) in [6.45, 7) is 0. The van der Waals surface area contributed by atoms with Crippen LogP contribution in [-0.2, 0) is 0 Å². The Balaban J connectivity index is 1.28. The average molecular weight is 592 g/mol. The van der Waals surface area contributed by atoms with Gasteiger partial charge < -0.3 is 0 Å². The summed E-state index contributed by atoms with van der Waals surface area (Å²) >= 11 is 1.88. The van der Waals surface area contributed by atoms with E-state index < -0.39 is 0 Å². The molecule has 0 bridgehead atoms. The molecule has 0 N–H and O–H groups in total. The first kappa shape index (κ1) is 25.8. The maximum Gasteiger partial charge on any atom is 0.164 e. The highest BCUT2D eigenvalue weighted by Gasteiger charge is 2.18. The molecule has 0 saturated heterocycles. The Morgan fingerprint density at radius 1 is 0.356 bits per heavy atom. The van der Waals surface area contributed by atoms with Crippen LogP contribution in [0.25, 0.3) is 87.0 Å². The van der Waals surface area contributed by atoms with Gasteiger partial charge in [-0.1, -0.05) is 140 Å². The summed E-state index contributed by atoms with van der Waals surface area (Å²) in [7, 11) is 0. The second-order valence-electron chi connectivity index (χ2n) is 11.2. The van der Waals surface area contributed by atoms with Gasteiger partial charge >= 0.3 is 0 Å². The second kappa shape index (κ2) is 10.5. The van der Waals surface area contributed by atoms with Crippen molar-refractivity contribution in [2.45, 2.75) is 0 Å². The van der Waals surface area contributed by atoms with Crippen LogP contribution in [0, 0.1) is 0 Å². The van der Waals surface area contributed by atoms with E-state index in [9.17, 15) is 0 Å². The van der Waals surface area contributed by atoms with Gasteiger partial charge in [-0.2, -0.15) is 0 Å². The number of benzene rings is 7. The Labute approximate surface area is 264 Å². The summed E-state index contributed by atoms with van der Waals surface area (Å²) in [5.41, 5.74) is 5.35. The average Bonchev–Trinajstić information content (AvgIpc) is 3.51. The van der Waals surface area contributed by atoms with Crippen molar-refractivity contribution < 1.29 is 0 Å². The van der Waals surface area contributed by atoms with E-state index in [1.165, 1.54) is 47.5 Å². The van der Waals surface area contributed by atoms with Crippen LogP contribution in [0.15, 0.2) is 152 Å². The summed E-state index contributed by atoms with van der Waals surface area (Å²) in [5, 5.41) is 7.47. The largest absolute Gasteiger partial charge is 0.208 e. The fourth-order valence-electron chi connectivity index (χ4n) is 6.44. The minimum absolute atomic E-state index is 0.661. The van der Waals surface area contributed by atoms with E-state index in [0.717, 1.165) is 22.1 Å². The van der Waals surface area contributed by atoms with Crippen LogP contribution in [0.5, 0.6) is 0 Å². The molecule has 7 aromatic carbocycles. The number of fused-ring (bicyclic) bond motifs is 6. The van der Waals surface area contributed by atoms with Crippen molar-refractivity contribution in [1.29, 1.82) is 0 Å². The zero-order valence-electron chi connectivity index (χ0n) is 24.2. The van der Waals surface area contributed by atoms with Gasteiger partial charge in [0.15, 0.2) is 17.5 Å². The lowest BCUT2D eigenvalue weighted by atomic mass is 9.92. The van der Waals surface area contributed by atoms with Crippen molar-refractivity contribution in [2.75, 3.05) is 0 Å². The molecule has 0 atom stereocenters. The van der Waals surface area contributed by atoms with Crippen LogP contribution in [0.2, 0.25) is 0 Å². The zero-order chi connectivity index (χ0) is 29.7. The number of nitrogens with zero attached hydrogens (tertiary/aromatic N) is 3. The van der Waals surface area contributed by atoms with Crippen molar-refractivity contribution in [3.63, 3.8) is 0 Å². The fourth-order valence-corrected chi connectivity index (χ4v) is 7.70. The molecular formula is C41H25N3S. The number of rotatable bonds is 4. The highest BCUT2D eigenvalue weighted by Crippen LogP contribution is 2.45. The molecule has 0 aliphatic heterocycles. The monoisotopic (exact) mass is 591 g/mol. The predicted octanol–water partition coefficient (Wildman–Crippen LogP) is 11.2. The number of hydrogen-bond donors (Lipinski definition) is 0. The van der Waals surface area contributed by atoms with Gasteiger partial charge in [-0.15, -0.1) is 11.3 Å². The first-order chi connectivity index (χ1) is 22.3. The van der Waals surface area contributed by atoms with Gasteiger partial charge in [0.1, 0.15) is 0 Å². The first-order valence-corrected chi connectivity index (χ1v) is 15.9. The third kappa shape index (κ3) is 4.30. The smallest absolute Gasteiger partial charge is 0.164 e. The molecule has 45 heavy (non-hydrogen) atoms. The standard InChI is InChI=1S/C41H25N3S/c1-3-13-27(14-4-1)39-42-40(28-15-5-2-6-16-28)44-41(43-39)34-25-24-32(30-18-9-10-19-31(30)34)33-20-11-21-36-37(33)35-23-22-26-12-7-8-17-29(26)38(35)45-36/h1-25H. The predicted molar refractivity (Wildman–Crippen MR) is 189 cm³/mol. The molecule has 0 fully saturated rings. The molecule has 0 spiro atoms. The molecule has 0 radical (unpaired) electrons. The Hall–Kier alpha value is -5.71. The molecule has 0 unspecified atom stereocenters. The van der Waals surface area contributed by atoms with Gasteiger partial charge in [0.05, 0.1) is 0 Å². The van der Waals surface area contributed by atoms with Crippen LogP contribution < -0.4 is 0 Å². The van der Waals surface area contributed by atoms with Crippen LogP contribution in [0.4, 0.5) is 0 Å². The summed E-state index contributed by atoms with van der Waals surface area (Å²) in [5.74, 6) is 1.99. The maximum atomic E-state index is 5.04.